The molecule has 0 aromatic carbocycles. The van der Waals surface area contributed by atoms with Crippen LogP contribution in [0.1, 0.15) is 88.0 Å². The highest BCUT2D eigenvalue weighted by molar-refractivity contribution is 5.44. The third-order valence-electron chi connectivity index (χ3n) is 4.01. The van der Waals surface area contributed by atoms with Crippen LogP contribution in [-0.4, -0.2) is 30.8 Å². The zero-order valence-corrected chi connectivity index (χ0v) is 16.6. The van der Waals surface area contributed by atoms with Gasteiger partial charge in [0.25, 0.3) is 0 Å². The molecule has 2 unspecified atom stereocenters. The molecule has 0 N–H and O–H groups in total. The monoisotopic (exact) mass is 301 g/mol. The SMILES string of the molecule is CC.CC.CC.CC=O.CCCC1C[C@@]12CC(C)N(C)C2. The largest absolute Gasteiger partial charge is 0.304 e. The Morgan fingerprint density at radius 3 is 1.81 bits per heavy atom. The lowest BCUT2D eigenvalue weighted by Crippen LogP contribution is -2.21. The van der Waals surface area contributed by atoms with E-state index in [1.807, 2.05) is 41.5 Å². The number of aldehydes is 1. The topological polar surface area (TPSA) is 20.3 Å². The summed E-state index contributed by atoms with van der Waals surface area (Å²) in [6, 6.07) is 0.840. The molecule has 0 amide bonds. The summed E-state index contributed by atoms with van der Waals surface area (Å²) in [5.41, 5.74) is 0.782. The van der Waals surface area contributed by atoms with Crippen molar-refractivity contribution in [2.24, 2.45) is 11.3 Å². The van der Waals surface area contributed by atoms with Crippen LogP contribution in [0.5, 0.6) is 0 Å². The molecule has 2 fully saturated rings. The van der Waals surface area contributed by atoms with Crippen molar-refractivity contribution in [3.05, 3.63) is 0 Å². The van der Waals surface area contributed by atoms with E-state index in [-0.39, 0.29) is 0 Å². The van der Waals surface area contributed by atoms with Crippen LogP contribution in [0.15, 0.2) is 0 Å². The molecule has 2 rings (SSSR count). The summed E-state index contributed by atoms with van der Waals surface area (Å²) in [5.74, 6) is 1.08. The van der Waals surface area contributed by atoms with Gasteiger partial charge >= 0.3 is 0 Å². The van der Waals surface area contributed by atoms with E-state index < -0.39 is 0 Å². The van der Waals surface area contributed by atoms with Crippen molar-refractivity contribution in [1.29, 1.82) is 0 Å². The van der Waals surface area contributed by atoms with Crippen LogP contribution in [0.4, 0.5) is 0 Å². The first-order valence-corrected chi connectivity index (χ1v) is 9.19. The second kappa shape index (κ2) is 16.0. The van der Waals surface area contributed by atoms with Gasteiger partial charge < -0.3 is 9.69 Å². The number of likely N-dealkylation sites (tertiary alicyclic amines) is 1. The Hall–Kier alpha value is -0.370. The van der Waals surface area contributed by atoms with Crippen LogP contribution in [0, 0.1) is 11.3 Å². The van der Waals surface area contributed by atoms with Gasteiger partial charge in [0.15, 0.2) is 0 Å². The first kappa shape index (κ1) is 25.6. The van der Waals surface area contributed by atoms with E-state index in [1.54, 1.807) is 0 Å². The van der Waals surface area contributed by atoms with Gasteiger partial charge in [-0.25, -0.2) is 0 Å². The van der Waals surface area contributed by atoms with Crippen molar-refractivity contribution in [1.82, 2.24) is 4.90 Å². The van der Waals surface area contributed by atoms with Crippen LogP contribution in [0.3, 0.4) is 0 Å². The average Bonchev–Trinajstić information content (AvgIpc) is 3.08. The number of rotatable bonds is 2. The fourth-order valence-electron chi connectivity index (χ4n) is 3.09. The van der Waals surface area contributed by atoms with Crippen LogP contribution in [-0.2, 0) is 4.79 Å². The molecular weight excluding hydrogens is 258 g/mol. The molecule has 1 spiro atoms. The molecule has 1 saturated heterocycles. The molecule has 0 radical (unpaired) electrons. The fourth-order valence-corrected chi connectivity index (χ4v) is 3.09. The van der Waals surface area contributed by atoms with Crippen LogP contribution in [0.25, 0.3) is 0 Å². The summed E-state index contributed by atoms with van der Waals surface area (Å²) in [6.45, 7) is 19.5. The summed E-state index contributed by atoms with van der Waals surface area (Å²) < 4.78 is 0. The first-order chi connectivity index (χ1) is 10.1. The quantitative estimate of drug-likeness (QED) is 0.601. The first-order valence-electron chi connectivity index (χ1n) is 9.19. The second-order valence-electron chi connectivity index (χ2n) is 5.26. The van der Waals surface area contributed by atoms with Gasteiger partial charge in [-0.15, -0.1) is 0 Å². The van der Waals surface area contributed by atoms with E-state index in [9.17, 15) is 0 Å². The zero-order chi connectivity index (χ0) is 17.5. The Kier molecular flexibility index (Phi) is 19.5. The van der Waals surface area contributed by atoms with E-state index in [0.717, 1.165) is 23.7 Å². The number of carbonyl (C=O) groups excluding carboxylic acids is 1. The predicted octanol–water partition coefficient (Wildman–Crippen LogP) is 5.80. The number of hydrogen-bond donors (Lipinski definition) is 0. The minimum atomic E-state index is 0.750. The minimum absolute atomic E-state index is 0.750. The van der Waals surface area contributed by atoms with Gasteiger partial charge in [0.1, 0.15) is 6.29 Å². The highest BCUT2D eigenvalue weighted by Crippen LogP contribution is 2.61. The molecule has 2 nitrogen and oxygen atoms in total. The smallest absolute Gasteiger partial charge is 0.116 e. The lowest BCUT2D eigenvalue weighted by Gasteiger charge is -2.12. The van der Waals surface area contributed by atoms with Gasteiger partial charge in [-0.2, -0.15) is 0 Å². The van der Waals surface area contributed by atoms with E-state index in [4.69, 9.17) is 4.79 Å². The Morgan fingerprint density at radius 1 is 1.10 bits per heavy atom. The number of nitrogens with zero attached hydrogens (tertiary/aromatic N) is 1. The normalized spacial score (nSPS) is 28.5. The molecule has 1 aliphatic carbocycles. The van der Waals surface area contributed by atoms with E-state index in [2.05, 4.69) is 25.8 Å². The van der Waals surface area contributed by atoms with Crippen molar-refractivity contribution in [2.45, 2.75) is 94.0 Å². The Bertz CT molecular complexity index is 206. The summed E-state index contributed by atoms with van der Waals surface area (Å²) in [5, 5.41) is 0. The van der Waals surface area contributed by atoms with Crippen molar-refractivity contribution in [2.75, 3.05) is 13.6 Å². The maximum Gasteiger partial charge on any atom is 0.116 e. The highest BCUT2D eigenvalue weighted by Gasteiger charge is 2.57. The Balaban J connectivity index is -0.000000308. The van der Waals surface area contributed by atoms with Crippen LogP contribution < -0.4 is 0 Å². The molecule has 0 bridgehead atoms. The Labute approximate surface area is 135 Å². The van der Waals surface area contributed by atoms with Crippen molar-refractivity contribution >= 4 is 6.29 Å². The molecule has 1 saturated carbocycles. The van der Waals surface area contributed by atoms with Crippen molar-refractivity contribution in [3.63, 3.8) is 0 Å². The average molecular weight is 302 g/mol. The lowest BCUT2D eigenvalue weighted by atomic mass is 9.98. The zero-order valence-electron chi connectivity index (χ0n) is 16.6. The maximum absolute atomic E-state index is 8.81. The molecule has 2 aliphatic rings. The van der Waals surface area contributed by atoms with Gasteiger partial charge in [0, 0.05) is 12.6 Å². The van der Waals surface area contributed by atoms with Gasteiger partial charge in [-0.1, -0.05) is 61.3 Å². The highest BCUT2D eigenvalue weighted by atomic mass is 16.1. The number of carbonyl (C=O) groups is 1. The maximum atomic E-state index is 8.81. The van der Waals surface area contributed by atoms with E-state index in [0.29, 0.717) is 0 Å². The van der Waals surface area contributed by atoms with Gasteiger partial charge in [0.05, 0.1) is 0 Å². The van der Waals surface area contributed by atoms with Gasteiger partial charge in [0.2, 0.25) is 0 Å². The molecule has 0 aromatic heterocycles. The van der Waals surface area contributed by atoms with Crippen molar-refractivity contribution in [3.8, 4) is 0 Å². The van der Waals surface area contributed by atoms with Crippen molar-refractivity contribution < 1.29 is 4.79 Å². The molecule has 3 atom stereocenters. The fraction of sp³-hybridized carbons (Fsp3) is 0.947. The van der Waals surface area contributed by atoms with Crippen LogP contribution in [0.2, 0.25) is 0 Å². The Morgan fingerprint density at radius 2 is 1.52 bits per heavy atom. The van der Waals surface area contributed by atoms with E-state index >= 15 is 0 Å². The third kappa shape index (κ3) is 9.29. The summed E-state index contributed by atoms with van der Waals surface area (Å²) in [6.07, 6.45) is 6.59. The van der Waals surface area contributed by atoms with Gasteiger partial charge in [-0.05, 0) is 45.1 Å². The molecule has 0 aromatic rings. The van der Waals surface area contributed by atoms with Crippen LogP contribution >= 0.6 is 0 Å². The molecular formula is C19H43NO. The molecule has 21 heavy (non-hydrogen) atoms. The van der Waals surface area contributed by atoms with E-state index in [1.165, 1.54) is 39.2 Å². The van der Waals surface area contributed by atoms with Gasteiger partial charge in [-0.3, -0.25) is 0 Å². The number of hydrogen-bond acceptors (Lipinski definition) is 2. The molecule has 1 aliphatic heterocycles. The predicted molar refractivity (Wildman–Crippen MR) is 97.9 cm³/mol. The standard InChI is InChI=1S/C11H21N.C2H4O.3C2H6/c1-4-5-10-7-11(10)6-9(2)12(3)8-11;1-2-3;3*1-2/h9-10H,4-8H2,1-3H3;2H,1H3;3*1-2H3/t9?,10?,11-;;;;/m1..../s1. The second-order valence-corrected chi connectivity index (χ2v) is 5.26. The molecule has 130 valence electrons. The lowest BCUT2D eigenvalue weighted by molar-refractivity contribution is -0.106. The third-order valence-corrected chi connectivity index (χ3v) is 4.01. The minimum Gasteiger partial charge on any atom is -0.304 e. The molecule has 1 heterocycles. The summed E-state index contributed by atoms with van der Waals surface area (Å²) in [4.78, 5) is 11.3. The molecule has 2 heteroatoms. The summed E-state index contributed by atoms with van der Waals surface area (Å²) >= 11 is 0. The summed E-state index contributed by atoms with van der Waals surface area (Å²) in [7, 11) is 2.28.